The molecule has 0 saturated carbocycles. The quantitative estimate of drug-likeness (QED) is 0.736. The van der Waals surface area contributed by atoms with Crippen LogP contribution in [0.3, 0.4) is 0 Å². The number of anilines is 1. The lowest BCUT2D eigenvalue weighted by atomic mass is 10.2. The molecule has 21 heavy (non-hydrogen) atoms. The SMILES string of the molecule is CN(C)c1ncc(-c2ccn(Cc3ccccc3)n2)cn1. The van der Waals surface area contributed by atoms with Gasteiger partial charge in [-0.15, -0.1) is 0 Å². The van der Waals surface area contributed by atoms with Crippen LogP contribution in [0.5, 0.6) is 0 Å². The summed E-state index contributed by atoms with van der Waals surface area (Å²) in [6.07, 6.45) is 5.58. The number of nitrogens with zero attached hydrogens (tertiary/aromatic N) is 5. The van der Waals surface area contributed by atoms with Crippen LogP contribution in [0, 0.1) is 0 Å². The average molecular weight is 279 g/mol. The van der Waals surface area contributed by atoms with E-state index in [0.717, 1.165) is 17.8 Å². The molecule has 2 heterocycles. The van der Waals surface area contributed by atoms with Gasteiger partial charge in [0.1, 0.15) is 0 Å². The second-order valence-corrected chi connectivity index (χ2v) is 5.05. The molecule has 106 valence electrons. The van der Waals surface area contributed by atoms with E-state index in [-0.39, 0.29) is 0 Å². The molecule has 2 aromatic heterocycles. The molecule has 5 nitrogen and oxygen atoms in total. The van der Waals surface area contributed by atoms with E-state index >= 15 is 0 Å². The lowest BCUT2D eigenvalue weighted by molar-refractivity contribution is 0.689. The van der Waals surface area contributed by atoms with Gasteiger partial charge in [0.05, 0.1) is 12.2 Å². The predicted octanol–water partition coefficient (Wildman–Crippen LogP) is 2.45. The van der Waals surface area contributed by atoms with Crippen molar-refractivity contribution in [1.82, 2.24) is 19.7 Å². The van der Waals surface area contributed by atoms with Crippen LogP contribution in [0.1, 0.15) is 5.56 Å². The van der Waals surface area contributed by atoms with Gasteiger partial charge in [0.15, 0.2) is 0 Å². The van der Waals surface area contributed by atoms with E-state index < -0.39 is 0 Å². The van der Waals surface area contributed by atoms with Crippen molar-refractivity contribution >= 4 is 5.95 Å². The Labute approximate surface area is 123 Å². The van der Waals surface area contributed by atoms with Crippen LogP contribution < -0.4 is 4.90 Å². The van der Waals surface area contributed by atoms with Crippen molar-refractivity contribution < 1.29 is 0 Å². The Balaban J connectivity index is 1.78. The highest BCUT2D eigenvalue weighted by Crippen LogP contribution is 2.16. The molecule has 0 fully saturated rings. The molecule has 0 saturated heterocycles. The van der Waals surface area contributed by atoms with E-state index in [4.69, 9.17) is 0 Å². The maximum absolute atomic E-state index is 4.57. The van der Waals surface area contributed by atoms with E-state index in [1.165, 1.54) is 5.56 Å². The standard InChI is InChI=1S/C16H17N5/c1-20(2)16-17-10-14(11-18-16)15-8-9-21(19-15)12-13-6-4-3-5-7-13/h3-11H,12H2,1-2H3. The highest BCUT2D eigenvalue weighted by Gasteiger charge is 2.05. The minimum absolute atomic E-state index is 0.697. The van der Waals surface area contributed by atoms with E-state index in [1.54, 1.807) is 12.4 Å². The van der Waals surface area contributed by atoms with Crippen molar-refractivity contribution in [1.29, 1.82) is 0 Å². The normalized spacial score (nSPS) is 10.6. The second-order valence-electron chi connectivity index (χ2n) is 5.05. The molecule has 5 heteroatoms. The maximum atomic E-state index is 4.57. The van der Waals surface area contributed by atoms with Gasteiger partial charge in [-0.05, 0) is 11.6 Å². The summed E-state index contributed by atoms with van der Waals surface area (Å²) in [6.45, 7) is 0.761. The topological polar surface area (TPSA) is 46.8 Å². The first-order valence-corrected chi connectivity index (χ1v) is 6.79. The molecule has 3 aromatic rings. The summed E-state index contributed by atoms with van der Waals surface area (Å²) in [7, 11) is 3.84. The Bertz CT molecular complexity index is 701. The zero-order valence-electron chi connectivity index (χ0n) is 12.1. The molecule has 0 atom stereocenters. The minimum atomic E-state index is 0.697. The number of rotatable bonds is 4. The summed E-state index contributed by atoms with van der Waals surface area (Å²) in [5, 5.41) is 4.57. The van der Waals surface area contributed by atoms with Crippen molar-refractivity contribution in [3.05, 3.63) is 60.6 Å². The van der Waals surface area contributed by atoms with Gasteiger partial charge in [-0.1, -0.05) is 30.3 Å². The van der Waals surface area contributed by atoms with Gasteiger partial charge < -0.3 is 4.90 Å². The lowest BCUT2D eigenvalue weighted by Gasteiger charge is -2.08. The van der Waals surface area contributed by atoms with Crippen LogP contribution in [0.2, 0.25) is 0 Å². The summed E-state index contributed by atoms with van der Waals surface area (Å²) in [6, 6.07) is 12.3. The Morgan fingerprint density at radius 1 is 1.00 bits per heavy atom. The van der Waals surface area contributed by atoms with E-state index in [9.17, 15) is 0 Å². The monoisotopic (exact) mass is 279 g/mol. The molecule has 1 aromatic carbocycles. The second kappa shape index (κ2) is 5.75. The van der Waals surface area contributed by atoms with Gasteiger partial charge in [-0.2, -0.15) is 5.10 Å². The van der Waals surface area contributed by atoms with Crippen molar-refractivity contribution in [2.24, 2.45) is 0 Å². The molecule has 0 unspecified atom stereocenters. The van der Waals surface area contributed by atoms with Gasteiger partial charge in [-0.3, -0.25) is 4.68 Å². The first kappa shape index (κ1) is 13.3. The van der Waals surface area contributed by atoms with Crippen molar-refractivity contribution in [3.63, 3.8) is 0 Å². The van der Waals surface area contributed by atoms with Crippen LogP contribution in [0.15, 0.2) is 55.0 Å². The Morgan fingerprint density at radius 3 is 2.38 bits per heavy atom. The molecule has 0 aliphatic carbocycles. The lowest BCUT2D eigenvalue weighted by Crippen LogP contribution is -2.12. The Hall–Kier alpha value is -2.69. The number of aromatic nitrogens is 4. The van der Waals surface area contributed by atoms with Crippen molar-refractivity contribution in [2.75, 3.05) is 19.0 Å². The van der Waals surface area contributed by atoms with Crippen LogP contribution in [0.4, 0.5) is 5.95 Å². The van der Waals surface area contributed by atoms with Gasteiger partial charge in [0.2, 0.25) is 5.95 Å². The fourth-order valence-electron chi connectivity index (χ4n) is 2.06. The van der Waals surface area contributed by atoms with Crippen LogP contribution in [-0.2, 0) is 6.54 Å². The van der Waals surface area contributed by atoms with Gasteiger partial charge in [0.25, 0.3) is 0 Å². The Kier molecular flexibility index (Phi) is 3.64. The molecule has 3 rings (SSSR count). The third-order valence-electron chi connectivity index (χ3n) is 3.16. The van der Waals surface area contributed by atoms with Crippen LogP contribution >= 0.6 is 0 Å². The molecule has 0 N–H and O–H groups in total. The van der Waals surface area contributed by atoms with Crippen LogP contribution in [0.25, 0.3) is 11.3 Å². The number of hydrogen-bond donors (Lipinski definition) is 0. The van der Waals surface area contributed by atoms with Crippen LogP contribution in [-0.4, -0.2) is 33.8 Å². The highest BCUT2D eigenvalue weighted by molar-refractivity contribution is 5.56. The summed E-state index contributed by atoms with van der Waals surface area (Å²) in [5.74, 6) is 0.697. The zero-order chi connectivity index (χ0) is 14.7. The molecule has 0 aliphatic heterocycles. The molecule has 0 bridgehead atoms. The van der Waals surface area contributed by atoms with Crippen molar-refractivity contribution in [3.8, 4) is 11.3 Å². The molecular formula is C16H17N5. The zero-order valence-corrected chi connectivity index (χ0v) is 12.1. The maximum Gasteiger partial charge on any atom is 0.224 e. The first-order chi connectivity index (χ1) is 10.2. The fraction of sp³-hybridized carbons (Fsp3) is 0.188. The Morgan fingerprint density at radius 2 is 1.71 bits per heavy atom. The predicted molar refractivity (Wildman–Crippen MR) is 83.1 cm³/mol. The fourth-order valence-corrected chi connectivity index (χ4v) is 2.06. The van der Waals surface area contributed by atoms with Gasteiger partial charge >= 0.3 is 0 Å². The average Bonchev–Trinajstić information content (AvgIpc) is 2.97. The minimum Gasteiger partial charge on any atom is -0.347 e. The van der Waals surface area contributed by atoms with Gasteiger partial charge in [-0.25, -0.2) is 9.97 Å². The van der Waals surface area contributed by atoms with E-state index in [2.05, 4.69) is 27.2 Å². The summed E-state index contributed by atoms with van der Waals surface area (Å²) in [4.78, 5) is 10.5. The third kappa shape index (κ3) is 3.08. The highest BCUT2D eigenvalue weighted by atomic mass is 15.3. The molecular weight excluding hydrogens is 262 g/mol. The number of hydrogen-bond acceptors (Lipinski definition) is 4. The van der Waals surface area contributed by atoms with Gasteiger partial charge in [0, 0.05) is 38.2 Å². The third-order valence-corrected chi connectivity index (χ3v) is 3.16. The van der Waals surface area contributed by atoms with Crippen molar-refractivity contribution in [2.45, 2.75) is 6.54 Å². The molecule has 0 spiro atoms. The molecule has 0 aliphatic rings. The summed E-state index contributed by atoms with van der Waals surface area (Å²) >= 11 is 0. The smallest absolute Gasteiger partial charge is 0.224 e. The summed E-state index contributed by atoms with van der Waals surface area (Å²) < 4.78 is 1.92. The first-order valence-electron chi connectivity index (χ1n) is 6.79. The molecule has 0 amide bonds. The van der Waals surface area contributed by atoms with E-state index in [0.29, 0.717) is 5.95 Å². The largest absolute Gasteiger partial charge is 0.347 e. The number of benzene rings is 1. The molecule has 0 radical (unpaired) electrons. The van der Waals surface area contributed by atoms with E-state index in [1.807, 2.05) is 54.1 Å². The summed E-state index contributed by atoms with van der Waals surface area (Å²) in [5.41, 5.74) is 3.04.